The minimum atomic E-state index is -0.140. The normalized spacial score (nSPS) is 15.5. The summed E-state index contributed by atoms with van der Waals surface area (Å²) < 4.78 is 0. The molecule has 0 unspecified atom stereocenters. The topological polar surface area (TPSA) is 73.0 Å². The zero-order chi connectivity index (χ0) is 18.2. The minimum Gasteiger partial charge on any atom is -0.351 e. The van der Waals surface area contributed by atoms with Crippen LogP contribution in [0.15, 0.2) is 16.8 Å². The van der Waals surface area contributed by atoms with E-state index in [0.29, 0.717) is 44.7 Å². The molecule has 1 aromatic rings. The van der Waals surface area contributed by atoms with Crippen molar-refractivity contribution < 1.29 is 14.4 Å². The number of rotatable bonds is 6. The fraction of sp³-hybridized carbons (Fsp3) is 0.588. The van der Waals surface area contributed by atoms with Gasteiger partial charge in [-0.05, 0) is 17.9 Å². The molecule has 25 heavy (non-hydrogen) atoms. The lowest BCUT2D eigenvalue weighted by atomic mass is 10.3. The highest BCUT2D eigenvalue weighted by Gasteiger charge is 2.20. The van der Waals surface area contributed by atoms with E-state index in [4.69, 9.17) is 0 Å². The highest BCUT2D eigenvalue weighted by Crippen LogP contribution is 2.07. The summed E-state index contributed by atoms with van der Waals surface area (Å²) in [6.07, 6.45) is 1.15. The number of nitrogens with one attached hydrogen (secondary N) is 1. The summed E-state index contributed by atoms with van der Waals surface area (Å²) in [5, 5.41) is 6.42. The Morgan fingerprint density at radius 1 is 1.20 bits per heavy atom. The predicted octanol–water partition coefficient (Wildman–Crippen LogP) is 0.491. The fourth-order valence-corrected chi connectivity index (χ4v) is 3.28. The van der Waals surface area contributed by atoms with Crippen LogP contribution in [0.25, 0.3) is 0 Å². The van der Waals surface area contributed by atoms with E-state index in [-0.39, 0.29) is 17.7 Å². The molecule has 0 spiro atoms. The molecule has 1 fully saturated rings. The number of nitrogens with zero attached hydrogens (tertiary/aromatic N) is 3. The number of amides is 3. The zero-order valence-electron chi connectivity index (χ0n) is 14.9. The maximum absolute atomic E-state index is 12.3. The number of likely N-dealkylation sites (N-methyl/N-ethyl adjacent to an activating group) is 1. The van der Waals surface area contributed by atoms with Crippen molar-refractivity contribution in [1.29, 1.82) is 0 Å². The molecule has 0 aliphatic carbocycles. The average Bonchev–Trinajstić information content (AvgIpc) is 3.02. The third-order valence-electron chi connectivity index (χ3n) is 4.21. The quantitative estimate of drug-likeness (QED) is 0.795. The molecular weight excluding hydrogens is 340 g/mol. The van der Waals surface area contributed by atoms with Crippen LogP contribution in [0, 0.1) is 0 Å². The predicted molar refractivity (Wildman–Crippen MR) is 97.6 cm³/mol. The van der Waals surface area contributed by atoms with Gasteiger partial charge in [-0.15, -0.1) is 0 Å². The van der Waals surface area contributed by atoms with Gasteiger partial charge in [0.15, 0.2) is 0 Å². The largest absolute Gasteiger partial charge is 0.351 e. The molecule has 1 saturated heterocycles. The molecule has 7 nitrogen and oxygen atoms in total. The Kier molecular flexibility index (Phi) is 7.39. The van der Waals surface area contributed by atoms with Crippen LogP contribution >= 0.6 is 11.3 Å². The Balaban J connectivity index is 1.71. The summed E-state index contributed by atoms with van der Waals surface area (Å²) in [5.41, 5.74) is 0.633. The lowest BCUT2D eigenvalue weighted by Gasteiger charge is -2.22. The van der Waals surface area contributed by atoms with Crippen LogP contribution in [0.2, 0.25) is 0 Å². The number of hydrogen-bond donors (Lipinski definition) is 1. The Hall–Kier alpha value is -1.93. The van der Waals surface area contributed by atoms with Gasteiger partial charge >= 0.3 is 0 Å². The Morgan fingerprint density at radius 3 is 2.68 bits per heavy atom. The van der Waals surface area contributed by atoms with Crippen LogP contribution in [-0.4, -0.2) is 85.8 Å². The van der Waals surface area contributed by atoms with Crippen molar-refractivity contribution in [1.82, 2.24) is 20.0 Å². The molecule has 1 aliphatic heterocycles. The number of carbonyl (C=O) groups excluding carboxylic acids is 3. The molecule has 0 bridgehead atoms. The van der Waals surface area contributed by atoms with Gasteiger partial charge in [0.1, 0.15) is 0 Å². The summed E-state index contributed by atoms with van der Waals surface area (Å²) in [6.45, 7) is 3.57. The number of thiophene rings is 1. The third-order valence-corrected chi connectivity index (χ3v) is 4.89. The molecule has 138 valence electrons. The summed E-state index contributed by atoms with van der Waals surface area (Å²) in [5.74, 6) is -0.0133. The third kappa shape index (κ3) is 6.13. The second-order valence-electron chi connectivity index (χ2n) is 6.32. The lowest BCUT2D eigenvalue weighted by molar-refractivity contribution is -0.130. The maximum atomic E-state index is 12.3. The Labute approximate surface area is 152 Å². The van der Waals surface area contributed by atoms with Gasteiger partial charge < -0.3 is 15.1 Å². The molecular formula is C17H26N4O3S. The van der Waals surface area contributed by atoms with E-state index >= 15 is 0 Å². The first-order valence-electron chi connectivity index (χ1n) is 8.48. The minimum absolute atomic E-state index is 0.0476. The fourth-order valence-electron chi connectivity index (χ4n) is 2.65. The average molecular weight is 366 g/mol. The van der Waals surface area contributed by atoms with E-state index in [9.17, 15) is 14.4 Å². The molecule has 2 heterocycles. The molecule has 2 rings (SSSR count). The number of carbonyl (C=O) groups is 3. The van der Waals surface area contributed by atoms with Crippen LogP contribution < -0.4 is 5.32 Å². The van der Waals surface area contributed by atoms with Gasteiger partial charge in [0.25, 0.3) is 5.91 Å². The van der Waals surface area contributed by atoms with Gasteiger partial charge in [0, 0.05) is 64.2 Å². The summed E-state index contributed by atoms with van der Waals surface area (Å²) in [6, 6.07) is 1.76. The maximum Gasteiger partial charge on any atom is 0.252 e. The van der Waals surface area contributed by atoms with Crippen LogP contribution in [0.4, 0.5) is 0 Å². The SMILES string of the molecule is CN(C)C(=O)CN1CCCN(C(=O)CCNC(=O)c2ccsc2)CC1. The number of hydrogen-bond acceptors (Lipinski definition) is 5. The van der Waals surface area contributed by atoms with E-state index in [1.165, 1.54) is 11.3 Å². The molecule has 0 saturated carbocycles. The monoisotopic (exact) mass is 366 g/mol. The molecule has 1 aromatic heterocycles. The van der Waals surface area contributed by atoms with Crippen LogP contribution in [-0.2, 0) is 9.59 Å². The van der Waals surface area contributed by atoms with E-state index in [1.54, 1.807) is 30.4 Å². The second kappa shape index (κ2) is 9.53. The van der Waals surface area contributed by atoms with Crippen LogP contribution in [0.3, 0.4) is 0 Å². The first-order valence-corrected chi connectivity index (χ1v) is 9.42. The molecule has 0 aromatic carbocycles. The van der Waals surface area contributed by atoms with E-state index in [2.05, 4.69) is 10.2 Å². The van der Waals surface area contributed by atoms with Crippen molar-refractivity contribution in [2.75, 3.05) is 53.4 Å². The Morgan fingerprint density at radius 2 is 2.00 bits per heavy atom. The highest BCUT2D eigenvalue weighted by atomic mass is 32.1. The van der Waals surface area contributed by atoms with Crippen molar-refractivity contribution in [2.45, 2.75) is 12.8 Å². The van der Waals surface area contributed by atoms with Crippen molar-refractivity contribution in [2.24, 2.45) is 0 Å². The summed E-state index contributed by atoms with van der Waals surface area (Å²) in [4.78, 5) is 41.5. The van der Waals surface area contributed by atoms with Gasteiger partial charge in [0.2, 0.25) is 11.8 Å². The van der Waals surface area contributed by atoms with Crippen molar-refractivity contribution in [3.8, 4) is 0 Å². The van der Waals surface area contributed by atoms with Crippen molar-refractivity contribution in [3.05, 3.63) is 22.4 Å². The zero-order valence-corrected chi connectivity index (χ0v) is 15.7. The molecule has 0 radical (unpaired) electrons. The molecule has 1 N–H and O–H groups in total. The van der Waals surface area contributed by atoms with Gasteiger partial charge in [0.05, 0.1) is 6.54 Å². The van der Waals surface area contributed by atoms with Crippen LogP contribution in [0.1, 0.15) is 23.2 Å². The van der Waals surface area contributed by atoms with E-state index in [1.807, 2.05) is 10.3 Å². The molecule has 1 aliphatic rings. The van der Waals surface area contributed by atoms with Crippen molar-refractivity contribution in [3.63, 3.8) is 0 Å². The van der Waals surface area contributed by atoms with Gasteiger partial charge in [-0.1, -0.05) is 0 Å². The first kappa shape index (κ1) is 19.4. The highest BCUT2D eigenvalue weighted by molar-refractivity contribution is 7.08. The van der Waals surface area contributed by atoms with Crippen LogP contribution in [0.5, 0.6) is 0 Å². The lowest BCUT2D eigenvalue weighted by Crippen LogP contribution is -2.40. The molecule has 0 atom stereocenters. The standard InChI is InChI=1S/C17H26N4O3S/c1-19(2)16(23)12-20-7-3-8-21(10-9-20)15(22)4-6-18-17(24)14-5-11-25-13-14/h5,11,13H,3-4,6-10,12H2,1-2H3,(H,18,24). The van der Waals surface area contributed by atoms with Crippen molar-refractivity contribution >= 4 is 29.1 Å². The first-order chi connectivity index (χ1) is 12.0. The smallest absolute Gasteiger partial charge is 0.252 e. The van der Waals surface area contributed by atoms with Gasteiger partial charge in [-0.2, -0.15) is 11.3 Å². The molecule has 8 heteroatoms. The van der Waals surface area contributed by atoms with E-state index < -0.39 is 0 Å². The second-order valence-corrected chi connectivity index (χ2v) is 7.10. The summed E-state index contributed by atoms with van der Waals surface area (Å²) >= 11 is 1.47. The van der Waals surface area contributed by atoms with E-state index in [0.717, 1.165) is 13.0 Å². The summed E-state index contributed by atoms with van der Waals surface area (Å²) in [7, 11) is 3.50. The molecule has 3 amide bonds. The van der Waals surface area contributed by atoms with Gasteiger partial charge in [-0.3, -0.25) is 19.3 Å². The Bertz CT molecular complexity index is 589. The van der Waals surface area contributed by atoms with Gasteiger partial charge in [-0.25, -0.2) is 0 Å².